The third-order valence-electron chi connectivity index (χ3n) is 3.93. The third kappa shape index (κ3) is 2.77. The summed E-state index contributed by atoms with van der Waals surface area (Å²) in [4.78, 5) is 11.0. The zero-order valence-corrected chi connectivity index (χ0v) is 12.6. The van der Waals surface area contributed by atoms with Gasteiger partial charge in [0.05, 0.1) is 22.4 Å². The van der Waals surface area contributed by atoms with Crippen molar-refractivity contribution in [1.29, 1.82) is 5.26 Å². The molecule has 21 heavy (non-hydrogen) atoms. The number of carboxylic acid groups (broad SMARTS) is 1. The molecular weight excluding hydrogens is 292 g/mol. The predicted octanol–water partition coefficient (Wildman–Crippen LogP) is 1.21. The van der Waals surface area contributed by atoms with Gasteiger partial charge in [0.2, 0.25) is 10.0 Å². The Morgan fingerprint density at radius 1 is 1.48 bits per heavy atom. The first-order valence-corrected chi connectivity index (χ1v) is 7.95. The molecule has 1 N–H and O–H groups in total. The van der Waals surface area contributed by atoms with Gasteiger partial charge in [-0.25, -0.2) is 8.42 Å². The predicted molar refractivity (Wildman–Crippen MR) is 74.9 cm³/mol. The van der Waals surface area contributed by atoms with E-state index in [2.05, 4.69) is 0 Å². The molecule has 1 heterocycles. The molecule has 6 nitrogen and oxygen atoms in total. The van der Waals surface area contributed by atoms with Crippen LogP contribution in [0.2, 0.25) is 0 Å². The Labute approximate surface area is 123 Å². The molecule has 112 valence electrons. The molecule has 0 aromatic heterocycles. The van der Waals surface area contributed by atoms with Gasteiger partial charge < -0.3 is 5.11 Å². The maximum Gasteiger partial charge on any atom is 0.306 e. The van der Waals surface area contributed by atoms with Crippen LogP contribution in [-0.4, -0.2) is 36.9 Å². The summed E-state index contributed by atoms with van der Waals surface area (Å²) in [7, 11) is -3.61. The van der Waals surface area contributed by atoms with Gasteiger partial charge in [-0.1, -0.05) is 6.92 Å². The summed E-state index contributed by atoms with van der Waals surface area (Å²) in [6.07, 6.45) is 0. The number of aryl methyl sites for hydroxylation is 1. The standard InChI is InChI=1S/C14H16N2O4S/c1-9-5-13(4-3-11(9)6-15)21(19,20)16-7-12(8-16)10(2)14(17)18/h3-5,10,12H,7-8H2,1-2H3,(H,17,18). The van der Waals surface area contributed by atoms with Crippen LogP contribution in [0.15, 0.2) is 23.1 Å². The number of hydrogen-bond donors (Lipinski definition) is 1. The molecule has 0 radical (unpaired) electrons. The van der Waals surface area contributed by atoms with E-state index >= 15 is 0 Å². The second-order valence-corrected chi connectivity index (χ2v) is 7.24. The molecule has 1 fully saturated rings. The molecule has 2 rings (SSSR count). The average Bonchev–Trinajstić information content (AvgIpc) is 2.36. The van der Waals surface area contributed by atoms with Gasteiger partial charge in [-0.3, -0.25) is 4.79 Å². The summed E-state index contributed by atoms with van der Waals surface area (Å²) in [6, 6.07) is 6.36. The normalized spacial score (nSPS) is 17.8. The Morgan fingerprint density at radius 3 is 2.57 bits per heavy atom. The van der Waals surface area contributed by atoms with Gasteiger partial charge in [0.15, 0.2) is 0 Å². The molecule has 1 aromatic rings. The molecule has 1 saturated heterocycles. The fourth-order valence-corrected chi connectivity index (χ4v) is 3.89. The van der Waals surface area contributed by atoms with Gasteiger partial charge in [-0.05, 0) is 36.6 Å². The lowest BCUT2D eigenvalue weighted by Crippen LogP contribution is -2.53. The summed E-state index contributed by atoms with van der Waals surface area (Å²) < 4.78 is 26.1. The van der Waals surface area contributed by atoms with Gasteiger partial charge in [0, 0.05) is 13.1 Å². The summed E-state index contributed by atoms with van der Waals surface area (Å²) >= 11 is 0. The van der Waals surface area contributed by atoms with Crippen LogP contribution in [0.3, 0.4) is 0 Å². The number of rotatable bonds is 4. The van der Waals surface area contributed by atoms with Crippen LogP contribution in [0.5, 0.6) is 0 Å². The molecule has 0 bridgehead atoms. The molecule has 0 amide bonds. The second-order valence-electron chi connectivity index (χ2n) is 5.30. The SMILES string of the molecule is Cc1cc(S(=O)(=O)N2CC(C(C)C(=O)O)C2)ccc1C#N. The Hall–Kier alpha value is -1.91. The lowest BCUT2D eigenvalue weighted by Gasteiger charge is -2.40. The van der Waals surface area contributed by atoms with Crippen molar-refractivity contribution in [3.8, 4) is 6.07 Å². The van der Waals surface area contributed by atoms with E-state index in [1.165, 1.54) is 22.5 Å². The number of aliphatic carboxylic acids is 1. The number of nitriles is 1. The van der Waals surface area contributed by atoms with Gasteiger partial charge in [0.25, 0.3) is 0 Å². The smallest absolute Gasteiger partial charge is 0.306 e. The van der Waals surface area contributed by atoms with Crippen LogP contribution in [-0.2, 0) is 14.8 Å². The monoisotopic (exact) mass is 308 g/mol. The number of carbonyl (C=O) groups is 1. The summed E-state index contributed by atoms with van der Waals surface area (Å²) in [5.74, 6) is -1.62. The Morgan fingerprint density at radius 2 is 2.10 bits per heavy atom. The van der Waals surface area contributed by atoms with Crippen molar-refractivity contribution < 1.29 is 18.3 Å². The Kier molecular flexibility index (Phi) is 4.03. The zero-order chi connectivity index (χ0) is 15.8. The number of hydrogen-bond acceptors (Lipinski definition) is 4. The fourth-order valence-electron chi connectivity index (χ4n) is 2.25. The zero-order valence-electron chi connectivity index (χ0n) is 11.8. The molecule has 0 aliphatic carbocycles. The summed E-state index contributed by atoms with van der Waals surface area (Å²) in [5, 5.41) is 17.8. The molecule has 1 aliphatic rings. The van der Waals surface area contributed by atoms with Crippen LogP contribution in [0.25, 0.3) is 0 Å². The maximum absolute atomic E-state index is 12.4. The topological polar surface area (TPSA) is 98.5 Å². The average molecular weight is 308 g/mol. The first-order valence-electron chi connectivity index (χ1n) is 6.51. The minimum Gasteiger partial charge on any atom is -0.481 e. The molecule has 0 spiro atoms. The van der Waals surface area contributed by atoms with E-state index in [1.54, 1.807) is 13.8 Å². The second kappa shape index (κ2) is 5.47. The highest BCUT2D eigenvalue weighted by Gasteiger charge is 2.41. The largest absolute Gasteiger partial charge is 0.481 e. The van der Waals surface area contributed by atoms with Crippen LogP contribution < -0.4 is 0 Å². The lowest BCUT2D eigenvalue weighted by molar-refractivity contribution is -0.144. The molecular formula is C14H16N2O4S. The fraction of sp³-hybridized carbons (Fsp3) is 0.429. The van der Waals surface area contributed by atoms with Crippen LogP contribution >= 0.6 is 0 Å². The van der Waals surface area contributed by atoms with E-state index in [1.807, 2.05) is 6.07 Å². The maximum atomic E-state index is 12.4. The van der Waals surface area contributed by atoms with Crippen molar-refractivity contribution in [3.63, 3.8) is 0 Å². The van der Waals surface area contributed by atoms with Crippen molar-refractivity contribution >= 4 is 16.0 Å². The molecule has 1 atom stereocenters. The minimum atomic E-state index is -3.61. The quantitative estimate of drug-likeness (QED) is 0.901. The van der Waals surface area contributed by atoms with Crippen LogP contribution in [0, 0.1) is 30.1 Å². The van der Waals surface area contributed by atoms with Crippen LogP contribution in [0.1, 0.15) is 18.1 Å². The van der Waals surface area contributed by atoms with E-state index in [0.717, 1.165) is 0 Å². The molecule has 1 aromatic carbocycles. The number of sulfonamides is 1. The number of benzene rings is 1. The van der Waals surface area contributed by atoms with Crippen molar-refractivity contribution in [2.45, 2.75) is 18.7 Å². The van der Waals surface area contributed by atoms with Crippen molar-refractivity contribution in [3.05, 3.63) is 29.3 Å². The molecule has 0 saturated carbocycles. The van der Waals surface area contributed by atoms with Gasteiger partial charge >= 0.3 is 5.97 Å². The molecule has 1 aliphatic heterocycles. The first-order chi connectivity index (χ1) is 9.77. The minimum absolute atomic E-state index is 0.139. The van der Waals surface area contributed by atoms with Crippen LogP contribution in [0.4, 0.5) is 0 Å². The van der Waals surface area contributed by atoms with Gasteiger partial charge in [0.1, 0.15) is 0 Å². The van der Waals surface area contributed by atoms with E-state index in [-0.39, 0.29) is 23.9 Å². The number of carboxylic acids is 1. The molecule has 7 heteroatoms. The summed E-state index contributed by atoms with van der Waals surface area (Å²) in [5.41, 5.74) is 1.05. The molecule has 1 unspecified atom stereocenters. The van der Waals surface area contributed by atoms with E-state index < -0.39 is 21.9 Å². The van der Waals surface area contributed by atoms with Gasteiger partial charge in [-0.2, -0.15) is 9.57 Å². The van der Waals surface area contributed by atoms with Crippen molar-refractivity contribution in [2.24, 2.45) is 11.8 Å². The highest BCUT2D eigenvalue weighted by Crippen LogP contribution is 2.30. The lowest BCUT2D eigenvalue weighted by atomic mass is 9.89. The van der Waals surface area contributed by atoms with E-state index in [0.29, 0.717) is 11.1 Å². The van der Waals surface area contributed by atoms with Crippen molar-refractivity contribution in [2.75, 3.05) is 13.1 Å². The highest BCUT2D eigenvalue weighted by molar-refractivity contribution is 7.89. The Balaban J connectivity index is 2.16. The van der Waals surface area contributed by atoms with Crippen molar-refractivity contribution in [1.82, 2.24) is 4.31 Å². The van der Waals surface area contributed by atoms with E-state index in [4.69, 9.17) is 10.4 Å². The highest BCUT2D eigenvalue weighted by atomic mass is 32.2. The number of nitrogens with zero attached hydrogens (tertiary/aromatic N) is 2. The first kappa shape index (κ1) is 15.5. The van der Waals surface area contributed by atoms with E-state index in [9.17, 15) is 13.2 Å². The summed E-state index contributed by atoms with van der Waals surface area (Å²) in [6.45, 7) is 3.70. The Bertz CT molecular complexity index is 715. The third-order valence-corrected chi connectivity index (χ3v) is 5.76. The van der Waals surface area contributed by atoms with Gasteiger partial charge in [-0.15, -0.1) is 0 Å².